The van der Waals surface area contributed by atoms with E-state index in [1.165, 1.54) is 18.2 Å². The molecule has 9 heteroatoms. The van der Waals surface area contributed by atoms with Crippen LogP contribution < -0.4 is 4.74 Å². The second kappa shape index (κ2) is 8.46. The van der Waals surface area contributed by atoms with Gasteiger partial charge in [0.2, 0.25) is 0 Å². The fourth-order valence-corrected chi connectivity index (χ4v) is 3.12. The summed E-state index contributed by atoms with van der Waals surface area (Å²) in [6.07, 6.45) is -4.17. The molecule has 2 aromatic rings. The van der Waals surface area contributed by atoms with Crippen molar-refractivity contribution in [2.24, 2.45) is 5.92 Å². The molecule has 0 aliphatic heterocycles. The summed E-state index contributed by atoms with van der Waals surface area (Å²) in [5.74, 6) is -1.84. The first-order chi connectivity index (χ1) is 12.6. The van der Waals surface area contributed by atoms with Crippen molar-refractivity contribution in [1.82, 2.24) is 9.78 Å². The topological polar surface area (TPSA) is 27.1 Å². The minimum Gasteiger partial charge on any atom is -0.434 e. The van der Waals surface area contributed by atoms with Gasteiger partial charge in [-0.05, 0) is 37.5 Å². The lowest BCUT2D eigenvalue weighted by Crippen LogP contribution is -2.21. The Kier molecular flexibility index (Phi) is 6.72. The van der Waals surface area contributed by atoms with Crippen molar-refractivity contribution < 1.29 is 26.7 Å². The van der Waals surface area contributed by atoms with E-state index in [9.17, 15) is 22.0 Å². The van der Waals surface area contributed by atoms with Crippen molar-refractivity contribution in [3.05, 3.63) is 34.5 Å². The molecule has 0 saturated heterocycles. The summed E-state index contributed by atoms with van der Waals surface area (Å²) in [6.45, 7) is 2.03. The maximum atomic E-state index is 12.9. The highest BCUT2D eigenvalue weighted by molar-refractivity contribution is 6.33. The second-order valence-corrected chi connectivity index (χ2v) is 6.51. The molecule has 1 aromatic carbocycles. The molecule has 0 aliphatic rings. The predicted molar refractivity (Wildman–Crippen MR) is 93.3 cm³/mol. The highest BCUT2D eigenvalue weighted by atomic mass is 35.5. The number of rotatable bonds is 7. The lowest BCUT2D eigenvalue weighted by molar-refractivity contribution is -0.169. The summed E-state index contributed by atoms with van der Waals surface area (Å²) in [6, 6.07) is 4.12. The number of hydrogen-bond acceptors (Lipinski definition) is 2. The van der Waals surface area contributed by atoms with Crippen LogP contribution in [0.5, 0.6) is 5.75 Å². The monoisotopic (exact) mass is 410 g/mol. The average molecular weight is 411 g/mol. The van der Waals surface area contributed by atoms with Crippen LogP contribution in [0, 0.1) is 5.92 Å². The summed E-state index contributed by atoms with van der Waals surface area (Å²) in [5, 5.41) is 4.65. The zero-order valence-electron chi connectivity index (χ0n) is 15.1. The van der Waals surface area contributed by atoms with Gasteiger partial charge in [-0.1, -0.05) is 31.5 Å². The van der Waals surface area contributed by atoms with Gasteiger partial charge in [-0.2, -0.15) is 27.1 Å². The Balaban J connectivity index is 2.53. The molecule has 0 spiro atoms. The van der Waals surface area contributed by atoms with Crippen molar-refractivity contribution >= 4 is 11.6 Å². The number of hydrogen-bond donors (Lipinski definition) is 0. The van der Waals surface area contributed by atoms with Gasteiger partial charge in [0.05, 0.1) is 22.3 Å². The van der Waals surface area contributed by atoms with E-state index in [4.69, 9.17) is 11.6 Å². The maximum Gasteiger partial charge on any atom is 0.391 e. The van der Waals surface area contributed by atoms with Gasteiger partial charge in [0.25, 0.3) is 0 Å². The van der Waals surface area contributed by atoms with Crippen molar-refractivity contribution in [3.63, 3.8) is 0 Å². The fraction of sp³-hybridized carbons (Fsp3) is 0.500. The third-order valence-corrected chi connectivity index (χ3v) is 4.61. The Morgan fingerprint density at radius 3 is 2.41 bits per heavy atom. The number of aromatic nitrogens is 2. The molecule has 0 amide bonds. The van der Waals surface area contributed by atoms with Gasteiger partial charge in [0.15, 0.2) is 0 Å². The van der Waals surface area contributed by atoms with Crippen LogP contribution in [0.25, 0.3) is 11.3 Å². The highest BCUT2D eigenvalue weighted by Gasteiger charge is 2.36. The Labute approximate surface area is 159 Å². The summed E-state index contributed by atoms with van der Waals surface area (Å²) < 4.78 is 70.4. The van der Waals surface area contributed by atoms with Gasteiger partial charge < -0.3 is 4.74 Å². The maximum absolute atomic E-state index is 12.9. The molecule has 0 N–H and O–H groups in total. The van der Waals surface area contributed by atoms with Crippen molar-refractivity contribution in [2.75, 3.05) is 0 Å². The van der Waals surface area contributed by atoms with E-state index in [0.29, 0.717) is 29.4 Å². The number of nitrogens with zero attached hydrogens (tertiary/aromatic N) is 2. The van der Waals surface area contributed by atoms with Gasteiger partial charge in [-0.3, -0.25) is 4.68 Å². The van der Waals surface area contributed by atoms with Crippen LogP contribution in [0.3, 0.4) is 0 Å². The number of benzene rings is 1. The summed E-state index contributed by atoms with van der Waals surface area (Å²) >= 11 is 6.36. The van der Waals surface area contributed by atoms with Crippen LogP contribution in [-0.2, 0) is 19.4 Å². The third-order valence-electron chi connectivity index (χ3n) is 4.21. The van der Waals surface area contributed by atoms with Gasteiger partial charge in [-0.15, -0.1) is 0 Å². The van der Waals surface area contributed by atoms with Crippen molar-refractivity contribution in [1.29, 1.82) is 0 Å². The number of aryl methyl sites for hydroxylation is 2. The molecule has 1 heterocycles. The second-order valence-electron chi connectivity index (χ2n) is 6.13. The number of ether oxygens (including phenoxy) is 1. The third kappa shape index (κ3) is 4.91. The molecular formula is C18H20ClF5N2O. The quantitative estimate of drug-likeness (QED) is 0.513. The van der Waals surface area contributed by atoms with E-state index < -0.39 is 18.7 Å². The smallest absolute Gasteiger partial charge is 0.391 e. The summed E-state index contributed by atoms with van der Waals surface area (Å²) in [5.41, 5.74) is 1.51. The minimum absolute atomic E-state index is 0.226. The Hall–Kier alpha value is -1.83. The lowest BCUT2D eigenvalue weighted by atomic mass is 9.98. The Morgan fingerprint density at radius 1 is 1.22 bits per heavy atom. The van der Waals surface area contributed by atoms with Crippen LogP contribution in [0.4, 0.5) is 22.0 Å². The van der Waals surface area contributed by atoms with E-state index in [1.807, 2.05) is 13.8 Å². The molecule has 150 valence electrons. The largest absolute Gasteiger partial charge is 0.434 e. The SMILES string of the molecule is CCc1nn(CC)c(-c2ccc(C[C@@H](C)C(F)(F)F)cc2OC(F)F)c1Cl. The van der Waals surface area contributed by atoms with E-state index >= 15 is 0 Å². The van der Waals surface area contributed by atoms with Crippen LogP contribution in [-0.4, -0.2) is 22.6 Å². The normalized spacial score (nSPS) is 13.3. The van der Waals surface area contributed by atoms with E-state index in [1.54, 1.807) is 4.68 Å². The molecule has 0 radical (unpaired) electrons. The van der Waals surface area contributed by atoms with Crippen molar-refractivity contribution in [3.8, 4) is 17.0 Å². The van der Waals surface area contributed by atoms with Gasteiger partial charge in [-0.25, -0.2) is 0 Å². The van der Waals surface area contributed by atoms with Crippen LogP contribution in [0.15, 0.2) is 18.2 Å². The van der Waals surface area contributed by atoms with Gasteiger partial charge in [0.1, 0.15) is 5.75 Å². The lowest BCUT2D eigenvalue weighted by Gasteiger charge is -2.18. The fourth-order valence-electron chi connectivity index (χ4n) is 2.75. The first kappa shape index (κ1) is 21.5. The molecule has 0 unspecified atom stereocenters. The Bertz CT molecular complexity index is 789. The average Bonchev–Trinajstić information content (AvgIpc) is 2.89. The first-order valence-corrected chi connectivity index (χ1v) is 8.86. The van der Waals surface area contributed by atoms with Gasteiger partial charge in [0, 0.05) is 12.1 Å². The minimum atomic E-state index is -4.37. The molecular weight excluding hydrogens is 391 g/mol. The molecule has 27 heavy (non-hydrogen) atoms. The standard InChI is InChI=1S/C18H20ClF5N2O/c1-4-13-15(19)16(26(5-2)25-13)12-7-6-11(8-10(3)18(22,23)24)9-14(12)27-17(20)21/h6-7,9-10,17H,4-5,8H2,1-3H3/t10-/m1/s1. The zero-order chi connectivity index (χ0) is 20.4. The predicted octanol–water partition coefficient (Wildman–Crippen LogP) is 6.13. The molecule has 0 aliphatic carbocycles. The molecule has 0 saturated carbocycles. The molecule has 1 aromatic heterocycles. The molecule has 3 nitrogen and oxygen atoms in total. The summed E-state index contributed by atoms with van der Waals surface area (Å²) in [4.78, 5) is 0. The van der Waals surface area contributed by atoms with Crippen LogP contribution in [0.2, 0.25) is 5.02 Å². The van der Waals surface area contributed by atoms with Crippen molar-refractivity contribution in [2.45, 2.75) is 52.9 Å². The molecule has 0 bridgehead atoms. The Morgan fingerprint density at radius 2 is 1.89 bits per heavy atom. The van der Waals surface area contributed by atoms with Crippen LogP contribution in [0.1, 0.15) is 32.0 Å². The number of halogens is 6. The molecule has 0 fully saturated rings. The molecule has 2 rings (SSSR count). The number of alkyl halides is 5. The first-order valence-electron chi connectivity index (χ1n) is 8.48. The molecule has 1 atom stereocenters. The van der Waals surface area contributed by atoms with E-state index in [2.05, 4.69) is 9.84 Å². The highest BCUT2D eigenvalue weighted by Crippen LogP contribution is 2.39. The zero-order valence-corrected chi connectivity index (χ0v) is 15.8. The van der Waals surface area contributed by atoms with Gasteiger partial charge >= 0.3 is 12.8 Å². The summed E-state index contributed by atoms with van der Waals surface area (Å²) in [7, 11) is 0. The van der Waals surface area contributed by atoms with E-state index in [-0.39, 0.29) is 23.3 Å². The van der Waals surface area contributed by atoms with Crippen LogP contribution >= 0.6 is 11.6 Å². The van der Waals surface area contributed by atoms with E-state index in [0.717, 1.165) is 6.92 Å².